The van der Waals surface area contributed by atoms with E-state index in [9.17, 15) is 0 Å². The molecular weight excluding hydrogens is 158 g/mol. The zero-order valence-corrected chi connectivity index (χ0v) is 9.39. The van der Waals surface area contributed by atoms with Crippen LogP contribution in [-0.2, 0) is 0 Å². The second-order valence-corrected chi connectivity index (χ2v) is 4.33. The Bertz CT molecular complexity index is 108. The molecule has 0 aromatic rings. The van der Waals surface area contributed by atoms with Gasteiger partial charge in [-0.15, -0.1) is 0 Å². The van der Waals surface area contributed by atoms with Crippen molar-refractivity contribution in [1.82, 2.24) is 4.90 Å². The summed E-state index contributed by atoms with van der Waals surface area (Å²) in [5.41, 5.74) is 0. The Balaban J connectivity index is 2.18. The summed E-state index contributed by atoms with van der Waals surface area (Å²) in [5, 5.41) is 0. The summed E-state index contributed by atoms with van der Waals surface area (Å²) in [6, 6.07) is 0.937. The van der Waals surface area contributed by atoms with Crippen LogP contribution in [0, 0.1) is 0 Å². The third-order valence-electron chi connectivity index (χ3n) is 3.19. The van der Waals surface area contributed by atoms with Gasteiger partial charge in [0.25, 0.3) is 0 Å². The zero-order valence-electron chi connectivity index (χ0n) is 9.39. The van der Waals surface area contributed by atoms with Crippen molar-refractivity contribution in [3.63, 3.8) is 0 Å². The number of nitrogens with zero attached hydrogens (tertiary/aromatic N) is 1. The van der Waals surface area contributed by atoms with Gasteiger partial charge in [-0.05, 0) is 38.8 Å². The van der Waals surface area contributed by atoms with Crippen molar-refractivity contribution in [2.75, 3.05) is 13.1 Å². The lowest BCUT2D eigenvalue weighted by Crippen LogP contribution is -2.30. The molecule has 1 unspecified atom stereocenters. The van der Waals surface area contributed by atoms with Crippen LogP contribution in [0.1, 0.15) is 58.8 Å². The Morgan fingerprint density at radius 2 is 1.92 bits per heavy atom. The minimum absolute atomic E-state index is 0.937. The molecule has 0 radical (unpaired) electrons. The van der Waals surface area contributed by atoms with Crippen molar-refractivity contribution in [3.8, 4) is 0 Å². The van der Waals surface area contributed by atoms with Crippen molar-refractivity contribution in [2.45, 2.75) is 64.8 Å². The molecule has 13 heavy (non-hydrogen) atoms. The van der Waals surface area contributed by atoms with E-state index in [-0.39, 0.29) is 0 Å². The van der Waals surface area contributed by atoms with Crippen LogP contribution in [0.4, 0.5) is 0 Å². The van der Waals surface area contributed by atoms with E-state index >= 15 is 0 Å². The van der Waals surface area contributed by atoms with Gasteiger partial charge in [0, 0.05) is 6.04 Å². The van der Waals surface area contributed by atoms with Crippen LogP contribution in [0.15, 0.2) is 0 Å². The fraction of sp³-hybridized carbons (Fsp3) is 1.00. The number of likely N-dealkylation sites (tertiary alicyclic amines) is 1. The van der Waals surface area contributed by atoms with Crippen molar-refractivity contribution in [1.29, 1.82) is 0 Å². The second-order valence-electron chi connectivity index (χ2n) is 4.33. The highest BCUT2D eigenvalue weighted by atomic mass is 15.2. The maximum atomic E-state index is 2.72. The number of unbranched alkanes of at least 4 members (excludes halogenated alkanes) is 2. The number of rotatable bonds is 6. The summed E-state index contributed by atoms with van der Waals surface area (Å²) in [6.45, 7) is 7.31. The average Bonchev–Trinajstić information content (AvgIpc) is 2.59. The maximum Gasteiger partial charge on any atom is 0.00957 e. The van der Waals surface area contributed by atoms with Crippen LogP contribution < -0.4 is 0 Å². The topological polar surface area (TPSA) is 3.24 Å². The molecule has 1 heterocycles. The molecule has 1 heteroatoms. The highest BCUT2D eigenvalue weighted by molar-refractivity contribution is 4.78. The van der Waals surface area contributed by atoms with Gasteiger partial charge in [-0.2, -0.15) is 0 Å². The van der Waals surface area contributed by atoms with Gasteiger partial charge in [-0.3, -0.25) is 0 Å². The Labute approximate surface area is 83.5 Å². The lowest BCUT2D eigenvalue weighted by molar-refractivity contribution is 0.236. The minimum atomic E-state index is 0.937. The van der Waals surface area contributed by atoms with Gasteiger partial charge < -0.3 is 4.90 Å². The van der Waals surface area contributed by atoms with Crippen LogP contribution in [-0.4, -0.2) is 24.0 Å². The Kier molecular flexibility index (Phi) is 5.45. The summed E-state index contributed by atoms with van der Waals surface area (Å²) in [7, 11) is 0. The highest BCUT2D eigenvalue weighted by Gasteiger charge is 2.22. The van der Waals surface area contributed by atoms with Crippen molar-refractivity contribution in [2.24, 2.45) is 0 Å². The summed E-state index contributed by atoms with van der Waals surface area (Å²) < 4.78 is 0. The summed E-state index contributed by atoms with van der Waals surface area (Å²) in [5.74, 6) is 0. The predicted octanol–water partition coefficient (Wildman–Crippen LogP) is 3.44. The van der Waals surface area contributed by atoms with Gasteiger partial charge >= 0.3 is 0 Å². The van der Waals surface area contributed by atoms with E-state index in [0.717, 1.165) is 6.04 Å². The van der Waals surface area contributed by atoms with Gasteiger partial charge in [0.15, 0.2) is 0 Å². The van der Waals surface area contributed by atoms with Gasteiger partial charge in [0.2, 0.25) is 0 Å². The van der Waals surface area contributed by atoms with E-state index in [1.54, 1.807) is 0 Å². The first kappa shape index (κ1) is 11.0. The largest absolute Gasteiger partial charge is 0.300 e. The number of hydrogen-bond acceptors (Lipinski definition) is 1. The molecule has 0 bridgehead atoms. The summed E-state index contributed by atoms with van der Waals surface area (Å²) in [6.07, 6.45) is 9.87. The molecule has 1 fully saturated rings. The molecule has 1 atom stereocenters. The van der Waals surface area contributed by atoms with E-state index < -0.39 is 0 Å². The smallest absolute Gasteiger partial charge is 0.00957 e. The average molecular weight is 183 g/mol. The van der Waals surface area contributed by atoms with Crippen LogP contribution in [0.2, 0.25) is 0 Å². The highest BCUT2D eigenvalue weighted by Crippen LogP contribution is 2.22. The molecule has 78 valence electrons. The lowest BCUT2D eigenvalue weighted by atomic mass is 10.1. The van der Waals surface area contributed by atoms with E-state index in [1.165, 1.54) is 58.0 Å². The zero-order chi connectivity index (χ0) is 9.52. The minimum Gasteiger partial charge on any atom is -0.300 e. The van der Waals surface area contributed by atoms with E-state index in [1.807, 2.05) is 0 Å². The van der Waals surface area contributed by atoms with Crippen molar-refractivity contribution < 1.29 is 0 Å². The molecule has 0 aliphatic carbocycles. The first-order valence-electron chi connectivity index (χ1n) is 6.12. The molecule has 1 saturated heterocycles. The van der Waals surface area contributed by atoms with Crippen LogP contribution in [0.25, 0.3) is 0 Å². The van der Waals surface area contributed by atoms with Crippen LogP contribution >= 0.6 is 0 Å². The molecule has 1 nitrogen and oxygen atoms in total. The fourth-order valence-corrected chi connectivity index (χ4v) is 2.32. The third-order valence-corrected chi connectivity index (χ3v) is 3.19. The fourth-order valence-electron chi connectivity index (χ4n) is 2.32. The Hall–Kier alpha value is -0.0400. The molecule has 1 rings (SSSR count). The van der Waals surface area contributed by atoms with E-state index in [0.29, 0.717) is 0 Å². The van der Waals surface area contributed by atoms with Gasteiger partial charge in [-0.1, -0.05) is 33.1 Å². The van der Waals surface area contributed by atoms with E-state index in [4.69, 9.17) is 0 Å². The van der Waals surface area contributed by atoms with Crippen LogP contribution in [0.5, 0.6) is 0 Å². The normalized spacial score (nSPS) is 24.0. The quantitative estimate of drug-likeness (QED) is 0.609. The Morgan fingerprint density at radius 1 is 1.15 bits per heavy atom. The molecule has 0 spiro atoms. The molecule has 0 aromatic carbocycles. The molecule has 1 aliphatic rings. The van der Waals surface area contributed by atoms with Crippen molar-refractivity contribution >= 4 is 0 Å². The SMILES string of the molecule is CCCCC1CCCN1CCCC. The number of hydrogen-bond donors (Lipinski definition) is 0. The molecule has 0 amide bonds. The third kappa shape index (κ3) is 3.68. The molecule has 0 aromatic heterocycles. The predicted molar refractivity (Wildman–Crippen MR) is 59.0 cm³/mol. The van der Waals surface area contributed by atoms with Gasteiger partial charge in [0.1, 0.15) is 0 Å². The van der Waals surface area contributed by atoms with Gasteiger partial charge in [0.05, 0.1) is 0 Å². The molecule has 0 saturated carbocycles. The van der Waals surface area contributed by atoms with E-state index in [2.05, 4.69) is 18.7 Å². The monoisotopic (exact) mass is 183 g/mol. The van der Waals surface area contributed by atoms with Crippen LogP contribution in [0.3, 0.4) is 0 Å². The first-order chi connectivity index (χ1) is 6.38. The maximum absolute atomic E-state index is 2.72. The summed E-state index contributed by atoms with van der Waals surface area (Å²) >= 11 is 0. The first-order valence-corrected chi connectivity index (χ1v) is 6.12. The molecular formula is C12H25N. The second kappa shape index (κ2) is 6.42. The standard InChI is InChI=1S/C12H25N/c1-3-5-8-12-9-7-11-13(12)10-6-4-2/h12H,3-11H2,1-2H3. The van der Waals surface area contributed by atoms with Crippen molar-refractivity contribution in [3.05, 3.63) is 0 Å². The molecule has 0 N–H and O–H groups in total. The van der Waals surface area contributed by atoms with Gasteiger partial charge in [-0.25, -0.2) is 0 Å². The lowest BCUT2D eigenvalue weighted by Gasteiger charge is -2.23. The molecule has 1 aliphatic heterocycles. The Morgan fingerprint density at radius 3 is 2.62 bits per heavy atom. The summed E-state index contributed by atoms with van der Waals surface area (Å²) in [4.78, 5) is 2.72.